The maximum absolute atomic E-state index is 13.1. The molecule has 0 aliphatic rings. The quantitative estimate of drug-likeness (QED) is 0.734. The molecule has 1 N–H and O–H groups in total. The fraction of sp³-hybridized carbons (Fsp3) is 0.571. The molecule has 0 fully saturated rings. The van der Waals surface area contributed by atoms with E-state index in [2.05, 4.69) is 12.2 Å². The molecule has 1 rings (SSSR count). The van der Waals surface area contributed by atoms with E-state index < -0.39 is 0 Å². The third kappa shape index (κ3) is 5.38. The van der Waals surface area contributed by atoms with Crippen LogP contribution in [0.5, 0.6) is 0 Å². The fourth-order valence-corrected chi connectivity index (χ4v) is 3.02. The lowest BCUT2D eigenvalue weighted by Crippen LogP contribution is -2.34. The standard InChI is InChI=1S/C14H22FNOS/c1-11(7-8-17-3)14(16-2)10-18-13-6-4-5-12(15)9-13/h4-6,9,11,14,16H,7-8,10H2,1-3H3. The Labute approximate surface area is 113 Å². The number of methoxy groups -OCH3 is 1. The van der Waals surface area contributed by atoms with E-state index in [9.17, 15) is 4.39 Å². The number of thioether (sulfide) groups is 1. The van der Waals surface area contributed by atoms with E-state index in [0.717, 1.165) is 23.7 Å². The molecule has 0 bridgehead atoms. The summed E-state index contributed by atoms with van der Waals surface area (Å²) in [5.74, 6) is 1.30. The Morgan fingerprint density at radius 3 is 2.83 bits per heavy atom. The summed E-state index contributed by atoms with van der Waals surface area (Å²) >= 11 is 1.69. The van der Waals surface area contributed by atoms with Gasteiger partial charge in [-0.25, -0.2) is 4.39 Å². The van der Waals surface area contributed by atoms with Gasteiger partial charge in [0.05, 0.1) is 0 Å². The average Bonchev–Trinajstić information content (AvgIpc) is 2.37. The van der Waals surface area contributed by atoms with Gasteiger partial charge < -0.3 is 10.1 Å². The lowest BCUT2D eigenvalue weighted by molar-refractivity contribution is 0.173. The number of ether oxygens (including phenoxy) is 1. The molecule has 1 aromatic rings. The normalized spacial score (nSPS) is 14.4. The summed E-state index contributed by atoms with van der Waals surface area (Å²) in [7, 11) is 3.70. The van der Waals surface area contributed by atoms with Crippen LogP contribution in [0.15, 0.2) is 29.2 Å². The van der Waals surface area contributed by atoms with Crippen molar-refractivity contribution in [3.05, 3.63) is 30.1 Å². The highest BCUT2D eigenvalue weighted by Crippen LogP contribution is 2.22. The first-order valence-corrected chi connectivity index (χ1v) is 7.20. The molecule has 0 spiro atoms. The highest BCUT2D eigenvalue weighted by molar-refractivity contribution is 7.99. The van der Waals surface area contributed by atoms with Gasteiger partial charge in [0.25, 0.3) is 0 Å². The van der Waals surface area contributed by atoms with Crippen molar-refractivity contribution in [1.29, 1.82) is 0 Å². The Hall–Kier alpha value is -0.580. The van der Waals surface area contributed by atoms with Gasteiger partial charge in [-0.05, 0) is 37.6 Å². The van der Waals surface area contributed by atoms with E-state index in [-0.39, 0.29) is 5.82 Å². The van der Waals surface area contributed by atoms with Crippen LogP contribution in [0.1, 0.15) is 13.3 Å². The second-order valence-corrected chi connectivity index (χ2v) is 5.52. The van der Waals surface area contributed by atoms with Gasteiger partial charge in [-0.1, -0.05) is 13.0 Å². The summed E-state index contributed by atoms with van der Waals surface area (Å²) in [6.45, 7) is 3.00. The predicted octanol–water partition coefficient (Wildman–Crippen LogP) is 3.18. The highest BCUT2D eigenvalue weighted by atomic mass is 32.2. The van der Waals surface area contributed by atoms with Crippen LogP contribution in [0.4, 0.5) is 4.39 Å². The lowest BCUT2D eigenvalue weighted by atomic mass is 10.0. The number of halogens is 1. The third-order valence-corrected chi connectivity index (χ3v) is 4.17. The van der Waals surface area contributed by atoms with Gasteiger partial charge in [0.1, 0.15) is 5.82 Å². The zero-order chi connectivity index (χ0) is 13.4. The number of benzene rings is 1. The SMILES string of the molecule is CNC(CSc1cccc(F)c1)C(C)CCOC. The minimum absolute atomic E-state index is 0.173. The molecule has 0 aliphatic heterocycles. The Bertz CT molecular complexity index is 348. The molecule has 0 heterocycles. The third-order valence-electron chi connectivity index (χ3n) is 3.06. The van der Waals surface area contributed by atoms with Gasteiger partial charge in [0.15, 0.2) is 0 Å². The summed E-state index contributed by atoms with van der Waals surface area (Å²) in [5.41, 5.74) is 0. The summed E-state index contributed by atoms with van der Waals surface area (Å²) < 4.78 is 18.2. The summed E-state index contributed by atoms with van der Waals surface area (Å²) in [5, 5.41) is 3.33. The van der Waals surface area contributed by atoms with Crippen LogP contribution in [-0.2, 0) is 4.74 Å². The van der Waals surface area contributed by atoms with Crippen LogP contribution >= 0.6 is 11.8 Å². The minimum Gasteiger partial charge on any atom is -0.385 e. The summed E-state index contributed by atoms with van der Waals surface area (Å²) in [6, 6.07) is 7.16. The van der Waals surface area contributed by atoms with Crippen LogP contribution in [0.3, 0.4) is 0 Å². The van der Waals surface area contributed by atoms with Gasteiger partial charge in [-0.3, -0.25) is 0 Å². The molecule has 2 nitrogen and oxygen atoms in total. The summed E-state index contributed by atoms with van der Waals surface area (Å²) in [6.07, 6.45) is 1.03. The zero-order valence-corrected chi connectivity index (χ0v) is 12.1. The Balaban J connectivity index is 2.43. The Kier molecular flexibility index (Phi) is 7.32. The molecular formula is C14H22FNOS. The molecule has 0 aliphatic carbocycles. The molecule has 0 saturated heterocycles. The van der Waals surface area contributed by atoms with Crippen molar-refractivity contribution in [2.75, 3.05) is 26.5 Å². The molecule has 4 heteroatoms. The second kappa shape index (κ2) is 8.51. The second-order valence-electron chi connectivity index (χ2n) is 4.42. The van der Waals surface area contributed by atoms with Crippen LogP contribution in [-0.4, -0.2) is 32.6 Å². The van der Waals surface area contributed by atoms with E-state index in [1.54, 1.807) is 31.0 Å². The van der Waals surface area contributed by atoms with Crippen molar-refractivity contribution in [3.63, 3.8) is 0 Å². The molecular weight excluding hydrogens is 249 g/mol. The molecule has 1 aromatic carbocycles. The van der Waals surface area contributed by atoms with Crippen molar-refractivity contribution >= 4 is 11.8 Å². The monoisotopic (exact) mass is 271 g/mol. The molecule has 102 valence electrons. The van der Waals surface area contributed by atoms with Gasteiger partial charge in [0, 0.05) is 30.4 Å². The van der Waals surface area contributed by atoms with Crippen molar-refractivity contribution in [2.24, 2.45) is 5.92 Å². The van der Waals surface area contributed by atoms with Crippen LogP contribution < -0.4 is 5.32 Å². The minimum atomic E-state index is -0.173. The number of hydrogen-bond acceptors (Lipinski definition) is 3. The van der Waals surface area contributed by atoms with Crippen LogP contribution in [0, 0.1) is 11.7 Å². The van der Waals surface area contributed by atoms with E-state index in [1.165, 1.54) is 6.07 Å². The maximum Gasteiger partial charge on any atom is 0.124 e. The molecule has 0 aromatic heterocycles. The number of nitrogens with one attached hydrogen (secondary N) is 1. The first-order chi connectivity index (χ1) is 8.67. The first-order valence-electron chi connectivity index (χ1n) is 6.22. The number of rotatable bonds is 8. The van der Waals surface area contributed by atoms with E-state index in [1.807, 2.05) is 13.1 Å². The highest BCUT2D eigenvalue weighted by Gasteiger charge is 2.15. The van der Waals surface area contributed by atoms with E-state index in [0.29, 0.717) is 12.0 Å². The van der Waals surface area contributed by atoms with Gasteiger partial charge in [0.2, 0.25) is 0 Å². The number of hydrogen-bond donors (Lipinski definition) is 1. The fourth-order valence-electron chi connectivity index (χ4n) is 1.78. The molecule has 0 amide bonds. The van der Waals surface area contributed by atoms with Crippen molar-refractivity contribution in [2.45, 2.75) is 24.3 Å². The first kappa shape index (κ1) is 15.5. The van der Waals surface area contributed by atoms with E-state index in [4.69, 9.17) is 4.74 Å². The van der Waals surface area contributed by atoms with Crippen LogP contribution in [0.25, 0.3) is 0 Å². The van der Waals surface area contributed by atoms with Gasteiger partial charge in [-0.2, -0.15) is 0 Å². The smallest absolute Gasteiger partial charge is 0.124 e. The largest absolute Gasteiger partial charge is 0.385 e. The maximum atomic E-state index is 13.1. The molecule has 2 atom stereocenters. The van der Waals surface area contributed by atoms with E-state index >= 15 is 0 Å². The molecule has 0 saturated carbocycles. The predicted molar refractivity (Wildman–Crippen MR) is 75.6 cm³/mol. The van der Waals surface area contributed by atoms with Gasteiger partial charge >= 0.3 is 0 Å². The average molecular weight is 271 g/mol. The molecule has 2 unspecified atom stereocenters. The Morgan fingerprint density at radius 2 is 2.22 bits per heavy atom. The van der Waals surface area contributed by atoms with Crippen molar-refractivity contribution < 1.29 is 9.13 Å². The summed E-state index contributed by atoms with van der Waals surface area (Å²) in [4.78, 5) is 0.981. The van der Waals surface area contributed by atoms with Gasteiger partial charge in [-0.15, -0.1) is 11.8 Å². The molecule has 0 radical (unpaired) electrons. The van der Waals surface area contributed by atoms with Crippen molar-refractivity contribution in [3.8, 4) is 0 Å². The van der Waals surface area contributed by atoms with Crippen molar-refractivity contribution in [1.82, 2.24) is 5.32 Å². The topological polar surface area (TPSA) is 21.3 Å². The van der Waals surface area contributed by atoms with Crippen LogP contribution in [0.2, 0.25) is 0 Å². The Morgan fingerprint density at radius 1 is 1.44 bits per heavy atom. The zero-order valence-electron chi connectivity index (χ0n) is 11.3. The molecule has 18 heavy (non-hydrogen) atoms. The lowest BCUT2D eigenvalue weighted by Gasteiger charge is -2.23.